The molecule has 2 fully saturated rings. The van der Waals surface area contributed by atoms with Gasteiger partial charge >= 0.3 is 12.1 Å². The quantitative estimate of drug-likeness (QED) is 0.660. The summed E-state index contributed by atoms with van der Waals surface area (Å²) in [7, 11) is 0. The first kappa shape index (κ1) is 14.8. The number of carboxylic acid groups (broad SMARTS) is 2. The number of likely N-dealkylation sites (tertiary alicyclic amines) is 1. The van der Waals surface area contributed by atoms with Gasteiger partial charge in [-0.25, -0.2) is 4.79 Å². The standard InChI is InChI=1S/2C6H11NO2/c8-6(9)7-4-2-1-3-5-7;8-6(9)5-3-1-2-4-7-5/h1-5H2,(H,8,9);5,7H,1-4H2,(H,8,9). The Morgan fingerprint density at radius 2 is 1.67 bits per heavy atom. The van der Waals surface area contributed by atoms with Crippen LogP contribution in [0.1, 0.15) is 38.5 Å². The molecule has 3 N–H and O–H groups in total. The zero-order valence-electron chi connectivity index (χ0n) is 10.6. The molecule has 1 unspecified atom stereocenters. The van der Waals surface area contributed by atoms with Crippen molar-refractivity contribution in [1.82, 2.24) is 10.2 Å². The van der Waals surface area contributed by atoms with Crippen LogP contribution in [0, 0.1) is 0 Å². The van der Waals surface area contributed by atoms with Crippen LogP contribution in [0.5, 0.6) is 0 Å². The largest absolute Gasteiger partial charge is 0.480 e. The lowest BCUT2D eigenvalue weighted by atomic mass is 10.1. The Bertz CT molecular complexity index is 243. The summed E-state index contributed by atoms with van der Waals surface area (Å²) in [5, 5.41) is 19.9. The summed E-state index contributed by atoms with van der Waals surface area (Å²) in [6.07, 6.45) is 5.43. The molecule has 0 aliphatic carbocycles. The molecule has 2 saturated heterocycles. The number of nitrogens with one attached hydrogen (secondary N) is 1. The summed E-state index contributed by atoms with van der Waals surface area (Å²) >= 11 is 0. The third kappa shape index (κ3) is 5.35. The van der Waals surface area contributed by atoms with Crippen LogP contribution in [-0.4, -0.2) is 52.9 Å². The van der Waals surface area contributed by atoms with E-state index in [1.807, 2.05) is 0 Å². The molecule has 0 aromatic carbocycles. The summed E-state index contributed by atoms with van der Waals surface area (Å²) in [5.74, 6) is -0.713. The smallest absolute Gasteiger partial charge is 0.407 e. The van der Waals surface area contributed by atoms with E-state index in [4.69, 9.17) is 10.2 Å². The monoisotopic (exact) mass is 258 g/mol. The van der Waals surface area contributed by atoms with Crippen LogP contribution in [0.3, 0.4) is 0 Å². The first-order valence-electron chi connectivity index (χ1n) is 6.55. The van der Waals surface area contributed by atoms with Crippen molar-refractivity contribution in [3.63, 3.8) is 0 Å². The number of hydrogen-bond donors (Lipinski definition) is 3. The first-order chi connectivity index (χ1) is 8.61. The van der Waals surface area contributed by atoms with Crippen LogP contribution >= 0.6 is 0 Å². The molecule has 0 bridgehead atoms. The highest BCUT2D eigenvalue weighted by molar-refractivity contribution is 5.73. The number of aliphatic carboxylic acids is 1. The van der Waals surface area contributed by atoms with Crippen molar-refractivity contribution in [3.8, 4) is 0 Å². The average molecular weight is 258 g/mol. The molecule has 0 aromatic heterocycles. The molecule has 6 heteroatoms. The lowest BCUT2D eigenvalue weighted by molar-refractivity contribution is -0.140. The number of carboxylic acids is 1. The fourth-order valence-corrected chi connectivity index (χ4v) is 2.15. The maximum Gasteiger partial charge on any atom is 0.407 e. The molecular weight excluding hydrogens is 236 g/mol. The summed E-state index contributed by atoms with van der Waals surface area (Å²) in [6.45, 7) is 2.32. The minimum Gasteiger partial charge on any atom is -0.480 e. The molecular formula is C12H22N2O4. The first-order valence-corrected chi connectivity index (χ1v) is 6.55. The Balaban J connectivity index is 0.000000180. The van der Waals surface area contributed by atoms with Gasteiger partial charge < -0.3 is 20.4 Å². The fourth-order valence-electron chi connectivity index (χ4n) is 2.15. The van der Waals surface area contributed by atoms with E-state index >= 15 is 0 Å². The van der Waals surface area contributed by atoms with Crippen LogP contribution in [0.15, 0.2) is 0 Å². The highest BCUT2D eigenvalue weighted by Crippen LogP contribution is 2.07. The number of amides is 1. The van der Waals surface area contributed by atoms with Gasteiger partial charge in [-0.05, 0) is 38.6 Å². The van der Waals surface area contributed by atoms with Gasteiger partial charge in [-0.2, -0.15) is 0 Å². The highest BCUT2D eigenvalue weighted by Gasteiger charge is 2.18. The summed E-state index contributed by atoms with van der Waals surface area (Å²) < 4.78 is 0. The molecule has 0 radical (unpaired) electrons. The van der Waals surface area contributed by atoms with Gasteiger partial charge in [-0.3, -0.25) is 4.79 Å². The lowest BCUT2D eigenvalue weighted by Gasteiger charge is -2.22. The van der Waals surface area contributed by atoms with E-state index in [2.05, 4.69) is 5.32 Å². The Morgan fingerprint density at radius 1 is 1.00 bits per heavy atom. The Kier molecular flexibility index (Phi) is 6.49. The van der Waals surface area contributed by atoms with Crippen molar-refractivity contribution >= 4 is 12.1 Å². The highest BCUT2D eigenvalue weighted by atomic mass is 16.4. The minimum absolute atomic E-state index is 0.279. The van der Waals surface area contributed by atoms with Crippen LogP contribution in [-0.2, 0) is 4.79 Å². The second-order valence-corrected chi connectivity index (χ2v) is 4.67. The molecule has 18 heavy (non-hydrogen) atoms. The molecule has 1 atom stereocenters. The SMILES string of the molecule is O=C(O)C1CCCCN1.O=C(O)N1CCCCC1. The van der Waals surface area contributed by atoms with Crippen LogP contribution in [0.4, 0.5) is 4.79 Å². The summed E-state index contributed by atoms with van der Waals surface area (Å²) in [4.78, 5) is 22.0. The predicted molar refractivity (Wildman–Crippen MR) is 66.7 cm³/mol. The Labute approximate surface area is 107 Å². The number of piperidine rings is 2. The van der Waals surface area contributed by atoms with E-state index in [0.717, 1.165) is 51.7 Å². The van der Waals surface area contributed by atoms with E-state index in [9.17, 15) is 9.59 Å². The van der Waals surface area contributed by atoms with Crippen molar-refractivity contribution in [2.45, 2.75) is 44.6 Å². The fraction of sp³-hybridized carbons (Fsp3) is 0.833. The summed E-state index contributed by atoms with van der Waals surface area (Å²) in [5.41, 5.74) is 0. The maximum atomic E-state index is 10.3. The molecule has 104 valence electrons. The Hall–Kier alpha value is -1.30. The van der Waals surface area contributed by atoms with Crippen molar-refractivity contribution in [2.75, 3.05) is 19.6 Å². The molecule has 2 heterocycles. The minimum atomic E-state index is -0.769. The van der Waals surface area contributed by atoms with Gasteiger partial charge in [0.1, 0.15) is 6.04 Å². The number of carbonyl (C=O) groups is 2. The molecule has 1 amide bonds. The van der Waals surface area contributed by atoms with Crippen LogP contribution in [0.2, 0.25) is 0 Å². The topological polar surface area (TPSA) is 89.9 Å². The van der Waals surface area contributed by atoms with E-state index < -0.39 is 12.1 Å². The second-order valence-electron chi connectivity index (χ2n) is 4.67. The van der Waals surface area contributed by atoms with E-state index in [0.29, 0.717) is 0 Å². The van der Waals surface area contributed by atoms with Gasteiger partial charge in [0.25, 0.3) is 0 Å². The lowest BCUT2D eigenvalue weighted by Crippen LogP contribution is -2.40. The molecule has 6 nitrogen and oxygen atoms in total. The normalized spacial score (nSPS) is 23.8. The molecule has 2 aliphatic heterocycles. The van der Waals surface area contributed by atoms with Crippen molar-refractivity contribution in [3.05, 3.63) is 0 Å². The van der Waals surface area contributed by atoms with Gasteiger partial charge in [0.05, 0.1) is 0 Å². The molecule has 2 aliphatic rings. The van der Waals surface area contributed by atoms with Gasteiger partial charge in [0, 0.05) is 13.1 Å². The van der Waals surface area contributed by atoms with Crippen molar-refractivity contribution < 1.29 is 19.8 Å². The van der Waals surface area contributed by atoms with Gasteiger partial charge in [-0.1, -0.05) is 6.42 Å². The van der Waals surface area contributed by atoms with Crippen LogP contribution in [0.25, 0.3) is 0 Å². The van der Waals surface area contributed by atoms with Gasteiger partial charge in [-0.15, -0.1) is 0 Å². The van der Waals surface area contributed by atoms with E-state index in [1.54, 1.807) is 0 Å². The molecule has 0 spiro atoms. The van der Waals surface area contributed by atoms with Crippen molar-refractivity contribution in [2.24, 2.45) is 0 Å². The van der Waals surface area contributed by atoms with Gasteiger partial charge in [0.15, 0.2) is 0 Å². The predicted octanol–water partition coefficient (Wildman–Crippen LogP) is 1.36. The van der Waals surface area contributed by atoms with E-state index in [-0.39, 0.29) is 6.04 Å². The van der Waals surface area contributed by atoms with Gasteiger partial charge in [0.2, 0.25) is 0 Å². The molecule has 0 saturated carbocycles. The second kappa shape index (κ2) is 7.92. The molecule has 0 aromatic rings. The van der Waals surface area contributed by atoms with Crippen LogP contribution < -0.4 is 5.32 Å². The third-order valence-corrected chi connectivity index (χ3v) is 3.23. The zero-order valence-corrected chi connectivity index (χ0v) is 10.6. The number of nitrogens with zero attached hydrogens (tertiary/aromatic N) is 1. The zero-order chi connectivity index (χ0) is 13.4. The molecule has 2 rings (SSSR count). The van der Waals surface area contributed by atoms with E-state index in [1.165, 1.54) is 11.3 Å². The number of rotatable bonds is 1. The summed E-state index contributed by atoms with van der Waals surface area (Å²) in [6, 6.07) is -0.279. The maximum absolute atomic E-state index is 10.3. The average Bonchev–Trinajstić information content (AvgIpc) is 2.41. The van der Waals surface area contributed by atoms with Crippen molar-refractivity contribution in [1.29, 1.82) is 0 Å². The number of hydrogen-bond acceptors (Lipinski definition) is 3. The third-order valence-electron chi connectivity index (χ3n) is 3.23. The Morgan fingerprint density at radius 3 is 2.00 bits per heavy atom.